The number of aryl methyl sites for hydroxylation is 1. The molecule has 0 saturated carbocycles. The fourth-order valence-electron chi connectivity index (χ4n) is 3.29. The van der Waals surface area contributed by atoms with Gasteiger partial charge in [-0.25, -0.2) is 4.79 Å². The molecule has 1 aliphatic carbocycles. The van der Waals surface area contributed by atoms with Crippen molar-refractivity contribution in [2.24, 2.45) is 0 Å². The van der Waals surface area contributed by atoms with Gasteiger partial charge in [-0.15, -0.1) is 0 Å². The molecule has 0 aliphatic heterocycles. The first kappa shape index (κ1) is 20.6. The minimum atomic E-state index is -0.521. The van der Waals surface area contributed by atoms with E-state index in [4.69, 9.17) is 4.74 Å². The van der Waals surface area contributed by atoms with Gasteiger partial charge >= 0.3 is 6.09 Å². The van der Waals surface area contributed by atoms with Gasteiger partial charge < -0.3 is 20.4 Å². The van der Waals surface area contributed by atoms with Crippen LogP contribution in [0.3, 0.4) is 0 Å². The Balaban J connectivity index is 1.53. The van der Waals surface area contributed by atoms with Crippen molar-refractivity contribution in [3.63, 3.8) is 0 Å². The van der Waals surface area contributed by atoms with Crippen molar-refractivity contribution in [1.82, 2.24) is 10.3 Å². The van der Waals surface area contributed by atoms with Crippen molar-refractivity contribution < 1.29 is 19.1 Å². The average molecular weight is 397 g/mol. The Hall–Kier alpha value is -3.09. The first-order valence-electron chi connectivity index (χ1n) is 9.83. The van der Waals surface area contributed by atoms with E-state index in [2.05, 4.69) is 15.6 Å². The van der Waals surface area contributed by atoms with Crippen molar-refractivity contribution in [2.45, 2.75) is 52.1 Å². The van der Waals surface area contributed by atoms with Gasteiger partial charge in [-0.1, -0.05) is 12.1 Å². The quantitative estimate of drug-likeness (QED) is 0.713. The number of aromatic nitrogens is 1. The molecule has 0 atom stereocenters. The van der Waals surface area contributed by atoms with Crippen LogP contribution in [0.1, 0.15) is 65.6 Å². The van der Waals surface area contributed by atoms with Crippen LogP contribution in [-0.2, 0) is 17.6 Å². The fraction of sp³-hybridized carbons (Fsp3) is 0.409. The summed E-state index contributed by atoms with van der Waals surface area (Å²) in [6.07, 6.45) is 3.91. The Kier molecular flexibility index (Phi) is 6.06. The monoisotopic (exact) mass is 397 g/mol. The van der Waals surface area contributed by atoms with E-state index >= 15 is 0 Å². The molecule has 2 aromatic rings. The highest BCUT2D eigenvalue weighted by atomic mass is 16.6. The number of ketones is 1. The number of amides is 2. The first-order valence-corrected chi connectivity index (χ1v) is 9.83. The van der Waals surface area contributed by atoms with E-state index in [0.29, 0.717) is 36.2 Å². The van der Waals surface area contributed by atoms with Crippen molar-refractivity contribution in [1.29, 1.82) is 0 Å². The number of fused-ring (bicyclic) bond motifs is 1. The van der Waals surface area contributed by atoms with Gasteiger partial charge in [0.25, 0.3) is 5.91 Å². The highest BCUT2D eigenvalue weighted by Gasteiger charge is 2.25. The Morgan fingerprint density at radius 1 is 1.14 bits per heavy atom. The molecule has 0 spiro atoms. The third-order valence-corrected chi connectivity index (χ3v) is 4.61. The molecule has 0 saturated heterocycles. The molecule has 0 fully saturated rings. The zero-order chi connectivity index (χ0) is 21.0. The molecule has 7 nitrogen and oxygen atoms in total. The smallest absolute Gasteiger partial charge is 0.407 e. The van der Waals surface area contributed by atoms with Crippen LogP contribution in [0.15, 0.2) is 30.5 Å². The summed E-state index contributed by atoms with van der Waals surface area (Å²) in [6.45, 7) is 5.91. The normalized spacial score (nSPS) is 13.6. The molecule has 1 heterocycles. The number of benzene rings is 1. The molecule has 154 valence electrons. The van der Waals surface area contributed by atoms with E-state index in [0.717, 1.165) is 24.1 Å². The summed E-state index contributed by atoms with van der Waals surface area (Å²) in [5.41, 5.74) is 2.92. The van der Waals surface area contributed by atoms with Gasteiger partial charge in [-0.3, -0.25) is 9.59 Å². The highest BCUT2D eigenvalue weighted by Crippen LogP contribution is 2.24. The van der Waals surface area contributed by atoms with Crippen LogP contribution < -0.4 is 10.6 Å². The van der Waals surface area contributed by atoms with Gasteiger partial charge in [0.2, 0.25) is 0 Å². The Morgan fingerprint density at radius 2 is 1.86 bits per heavy atom. The Labute approximate surface area is 170 Å². The van der Waals surface area contributed by atoms with E-state index < -0.39 is 11.7 Å². The minimum absolute atomic E-state index is 0.0190. The molecule has 2 amide bonds. The maximum absolute atomic E-state index is 12.6. The van der Waals surface area contributed by atoms with E-state index in [1.165, 1.54) is 0 Å². The Morgan fingerprint density at radius 3 is 2.55 bits per heavy atom. The molecule has 7 heteroatoms. The van der Waals surface area contributed by atoms with Gasteiger partial charge in [0.05, 0.1) is 11.1 Å². The largest absolute Gasteiger partial charge is 0.444 e. The van der Waals surface area contributed by atoms with E-state index in [-0.39, 0.29) is 11.7 Å². The molecule has 0 unspecified atom stereocenters. The van der Waals surface area contributed by atoms with Crippen LogP contribution in [-0.4, -0.2) is 34.9 Å². The SMILES string of the molecule is CC(C)(C)OC(=O)NCCc1ccc(NC(=O)c2c[nH]c3c2C(=O)CCC3)cc1. The fourth-order valence-corrected chi connectivity index (χ4v) is 3.29. The number of rotatable bonds is 5. The Bertz CT molecular complexity index is 907. The van der Waals surface area contributed by atoms with Crippen LogP contribution in [0.2, 0.25) is 0 Å². The number of carbonyl (C=O) groups is 3. The molecule has 3 rings (SSSR count). The maximum atomic E-state index is 12.6. The number of anilines is 1. The number of hydrogen-bond donors (Lipinski definition) is 3. The summed E-state index contributed by atoms with van der Waals surface area (Å²) in [4.78, 5) is 39.5. The summed E-state index contributed by atoms with van der Waals surface area (Å²) < 4.78 is 5.20. The molecular formula is C22H27N3O4. The van der Waals surface area contributed by atoms with Crippen LogP contribution in [0.4, 0.5) is 10.5 Å². The van der Waals surface area contributed by atoms with E-state index in [1.54, 1.807) is 6.20 Å². The first-order chi connectivity index (χ1) is 13.7. The lowest BCUT2D eigenvalue weighted by Crippen LogP contribution is -2.33. The zero-order valence-electron chi connectivity index (χ0n) is 17.1. The van der Waals surface area contributed by atoms with Gasteiger partial charge in [0.1, 0.15) is 5.60 Å². The number of Topliss-reactive ketones (excluding diaryl/α,β-unsaturated/α-hetero) is 1. The molecule has 3 N–H and O–H groups in total. The standard InChI is InChI=1S/C22H27N3O4/c1-22(2,3)29-21(28)23-12-11-14-7-9-15(10-8-14)25-20(27)16-13-24-17-5-4-6-18(26)19(16)17/h7-10,13,24H,4-6,11-12H2,1-3H3,(H,23,28)(H,25,27). The lowest BCUT2D eigenvalue weighted by Gasteiger charge is -2.19. The number of nitrogens with one attached hydrogen (secondary N) is 3. The zero-order valence-corrected chi connectivity index (χ0v) is 17.1. The summed E-state index contributed by atoms with van der Waals surface area (Å²) in [5.74, 6) is -0.275. The van der Waals surface area contributed by atoms with Crippen LogP contribution in [0.5, 0.6) is 0 Å². The number of H-pyrrole nitrogens is 1. The predicted octanol–water partition coefficient (Wildman–Crippen LogP) is 3.85. The molecule has 0 bridgehead atoms. The number of ether oxygens (including phenoxy) is 1. The lowest BCUT2D eigenvalue weighted by atomic mass is 9.93. The topological polar surface area (TPSA) is 100 Å². The summed E-state index contributed by atoms with van der Waals surface area (Å²) >= 11 is 0. The number of aromatic amines is 1. The third-order valence-electron chi connectivity index (χ3n) is 4.61. The molecule has 1 aliphatic rings. The second-order valence-corrected chi connectivity index (χ2v) is 8.16. The molecule has 1 aromatic heterocycles. The number of carbonyl (C=O) groups excluding carboxylic acids is 3. The van der Waals surface area contributed by atoms with Gasteiger partial charge in [0, 0.05) is 30.5 Å². The third kappa shape index (κ3) is 5.47. The second kappa shape index (κ2) is 8.51. The van der Waals surface area contributed by atoms with Crippen LogP contribution in [0, 0.1) is 0 Å². The second-order valence-electron chi connectivity index (χ2n) is 8.16. The van der Waals surface area contributed by atoms with Crippen LogP contribution >= 0.6 is 0 Å². The molecule has 1 aromatic carbocycles. The van der Waals surface area contributed by atoms with Crippen molar-refractivity contribution in [3.05, 3.63) is 52.8 Å². The molecular weight excluding hydrogens is 370 g/mol. The predicted molar refractivity (Wildman–Crippen MR) is 110 cm³/mol. The summed E-state index contributed by atoms with van der Waals surface area (Å²) in [5, 5.41) is 5.56. The summed E-state index contributed by atoms with van der Waals surface area (Å²) in [6, 6.07) is 7.40. The highest BCUT2D eigenvalue weighted by molar-refractivity contribution is 6.13. The van der Waals surface area contributed by atoms with Gasteiger partial charge in [0.15, 0.2) is 5.78 Å². The average Bonchev–Trinajstić information content (AvgIpc) is 3.07. The maximum Gasteiger partial charge on any atom is 0.407 e. The van der Waals surface area contributed by atoms with E-state index in [1.807, 2.05) is 45.0 Å². The van der Waals surface area contributed by atoms with Gasteiger partial charge in [-0.05, 0) is 57.7 Å². The summed E-state index contributed by atoms with van der Waals surface area (Å²) in [7, 11) is 0. The van der Waals surface area contributed by atoms with Crippen molar-refractivity contribution >= 4 is 23.5 Å². The van der Waals surface area contributed by atoms with E-state index in [9.17, 15) is 14.4 Å². The van der Waals surface area contributed by atoms with Crippen molar-refractivity contribution in [2.75, 3.05) is 11.9 Å². The number of hydrogen-bond acceptors (Lipinski definition) is 4. The van der Waals surface area contributed by atoms with Crippen LogP contribution in [0.25, 0.3) is 0 Å². The lowest BCUT2D eigenvalue weighted by molar-refractivity contribution is 0.0528. The van der Waals surface area contributed by atoms with Crippen molar-refractivity contribution in [3.8, 4) is 0 Å². The molecule has 0 radical (unpaired) electrons. The molecule has 29 heavy (non-hydrogen) atoms. The van der Waals surface area contributed by atoms with Gasteiger partial charge in [-0.2, -0.15) is 0 Å². The minimum Gasteiger partial charge on any atom is -0.444 e. The number of alkyl carbamates (subject to hydrolysis) is 1.